The van der Waals surface area contributed by atoms with Crippen LogP contribution >= 0.6 is 0 Å². The fraction of sp³-hybridized carbons (Fsp3) is 0.200. The summed E-state index contributed by atoms with van der Waals surface area (Å²) in [5.74, 6) is 0.392. The molecule has 2 N–H and O–H groups in total. The lowest BCUT2D eigenvalue weighted by molar-refractivity contribution is 0.401. The van der Waals surface area contributed by atoms with Gasteiger partial charge < -0.3 is 14.9 Å². The number of rotatable bonds is 1. The largest absolute Gasteiger partial charge is 0.496 e. The quantitative estimate of drug-likeness (QED) is 0.736. The molecule has 0 amide bonds. The van der Waals surface area contributed by atoms with Crippen molar-refractivity contribution in [2.45, 2.75) is 6.92 Å². The number of ether oxygens (including phenoxy) is 1. The van der Waals surface area contributed by atoms with E-state index in [1.807, 2.05) is 6.92 Å². The molecule has 0 aliphatic heterocycles. The Morgan fingerprint density at radius 3 is 2.60 bits per heavy atom. The molecule has 5 heteroatoms. The second kappa shape index (κ2) is 3.27. The Bertz CT molecular complexity index is 526. The molecule has 0 aliphatic carbocycles. The number of methoxy groups -OCH3 is 1. The van der Waals surface area contributed by atoms with E-state index in [2.05, 4.69) is 9.97 Å². The Morgan fingerprint density at radius 2 is 1.93 bits per heavy atom. The Labute approximate surface area is 86.0 Å². The molecule has 0 atom stereocenters. The normalized spacial score (nSPS) is 10.5. The number of hydrogen-bond donors (Lipinski definition) is 2. The summed E-state index contributed by atoms with van der Waals surface area (Å²) in [5, 5.41) is 19.1. The maximum absolute atomic E-state index is 9.50. The van der Waals surface area contributed by atoms with E-state index in [0.29, 0.717) is 16.7 Å². The van der Waals surface area contributed by atoms with Gasteiger partial charge in [-0.1, -0.05) is 0 Å². The van der Waals surface area contributed by atoms with Crippen LogP contribution in [0.3, 0.4) is 0 Å². The molecule has 0 fully saturated rings. The van der Waals surface area contributed by atoms with Crippen LogP contribution in [-0.2, 0) is 0 Å². The third-order valence-electron chi connectivity index (χ3n) is 2.18. The van der Waals surface area contributed by atoms with Gasteiger partial charge in [-0.3, -0.25) is 0 Å². The summed E-state index contributed by atoms with van der Waals surface area (Å²) >= 11 is 0. The molecule has 1 heterocycles. The molecule has 1 aromatic heterocycles. The zero-order valence-corrected chi connectivity index (χ0v) is 8.35. The Morgan fingerprint density at radius 1 is 1.20 bits per heavy atom. The fourth-order valence-electron chi connectivity index (χ4n) is 1.45. The maximum atomic E-state index is 9.50. The van der Waals surface area contributed by atoms with Crippen molar-refractivity contribution in [3.63, 3.8) is 0 Å². The summed E-state index contributed by atoms with van der Waals surface area (Å²) in [6, 6.07) is 2.92. The van der Waals surface area contributed by atoms with Crippen LogP contribution in [0.25, 0.3) is 10.9 Å². The summed E-state index contributed by atoms with van der Waals surface area (Å²) in [6.45, 7) is 1.86. The van der Waals surface area contributed by atoms with Crippen molar-refractivity contribution in [2.75, 3.05) is 7.11 Å². The van der Waals surface area contributed by atoms with E-state index in [1.165, 1.54) is 0 Å². The average Bonchev–Trinajstić information content (AvgIpc) is 2.16. The van der Waals surface area contributed by atoms with Gasteiger partial charge in [-0.25, -0.2) is 0 Å². The van der Waals surface area contributed by atoms with Crippen molar-refractivity contribution in [1.82, 2.24) is 9.97 Å². The molecule has 0 spiro atoms. The van der Waals surface area contributed by atoms with Crippen LogP contribution in [0.1, 0.15) is 5.56 Å². The van der Waals surface area contributed by atoms with Gasteiger partial charge in [-0.15, -0.1) is 0 Å². The van der Waals surface area contributed by atoms with E-state index in [-0.39, 0.29) is 5.88 Å². The molecule has 0 aliphatic rings. The van der Waals surface area contributed by atoms with Gasteiger partial charge in [0.25, 0.3) is 0 Å². The molecule has 78 valence electrons. The van der Waals surface area contributed by atoms with E-state index in [1.54, 1.807) is 19.2 Å². The highest BCUT2D eigenvalue weighted by Crippen LogP contribution is 2.29. The van der Waals surface area contributed by atoms with Crippen molar-refractivity contribution in [3.05, 3.63) is 17.7 Å². The number of hydrogen-bond acceptors (Lipinski definition) is 5. The number of aromatic nitrogens is 2. The molecule has 5 nitrogen and oxygen atoms in total. The highest BCUT2D eigenvalue weighted by atomic mass is 16.5. The van der Waals surface area contributed by atoms with Crippen molar-refractivity contribution in [1.29, 1.82) is 0 Å². The van der Waals surface area contributed by atoms with Crippen LogP contribution in [0, 0.1) is 6.92 Å². The first-order chi connectivity index (χ1) is 7.11. The SMILES string of the molecule is COc1cc2c(O)nc(O)nc2cc1C. The molecule has 2 rings (SSSR count). The van der Waals surface area contributed by atoms with Crippen LogP contribution < -0.4 is 4.74 Å². The van der Waals surface area contributed by atoms with Crippen LogP contribution in [0.15, 0.2) is 12.1 Å². The lowest BCUT2D eigenvalue weighted by Crippen LogP contribution is -1.90. The first-order valence-electron chi connectivity index (χ1n) is 4.36. The lowest BCUT2D eigenvalue weighted by Gasteiger charge is -2.06. The monoisotopic (exact) mass is 206 g/mol. The van der Waals surface area contributed by atoms with Gasteiger partial charge in [-0.05, 0) is 24.6 Å². The highest BCUT2D eigenvalue weighted by molar-refractivity contribution is 5.85. The summed E-state index contributed by atoms with van der Waals surface area (Å²) in [7, 11) is 1.55. The minimum absolute atomic E-state index is 0.254. The fourth-order valence-corrected chi connectivity index (χ4v) is 1.45. The summed E-state index contributed by atoms with van der Waals surface area (Å²) in [6.07, 6.45) is 0. The van der Waals surface area contributed by atoms with Crippen LogP contribution in [0.2, 0.25) is 0 Å². The predicted molar refractivity (Wildman–Crippen MR) is 54.2 cm³/mol. The minimum Gasteiger partial charge on any atom is -0.496 e. The van der Waals surface area contributed by atoms with Crippen molar-refractivity contribution in [3.8, 4) is 17.6 Å². The van der Waals surface area contributed by atoms with Gasteiger partial charge >= 0.3 is 6.01 Å². The number of aromatic hydroxyl groups is 2. The molecule has 15 heavy (non-hydrogen) atoms. The first kappa shape index (κ1) is 9.51. The van der Waals surface area contributed by atoms with Crippen molar-refractivity contribution < 1.29 is 14.9 Å². The van der Waals surface area contributed by atoms with Gasteiger partial charge in [0.15, 0.2) is 0 Å². The van der Waals surface area contributed by atoms with E-state index < -0.39 is 6.01 Å². The molecule has 0 saturated heterocycles. The van der Waals surface area contributed by atoms with Crippen LogP contribution in [0.4, 0.5) is 0 Å². The molecule has 0 saturated carbocycles. The molecular weight excluding hydrogens is 196 g/mol. The summed E-state index contributed by atoms with van der Waals surface area (Å²) in [5.41, 5.74) is 1.36. The lowest BCUT2D eigenvalue weighted by atomic mass is 10.1. The van der Waals surface area contributed by atoms with Gasteiger partial charge in [0.05, 0.1) is 18.0 Å². The van der Waals surface area contributed by atoms with E-state index in [0.717, 1.165) is 5.56 Å². The van der Waals surface area contributed by atoms with Gasteiger partial charge in [0, 0.05) is 0 Å². The van der Waals surface area contributed by atoms with Gasteiger partial charge in [-0.2, -0.15) is 9.97 Å². The molecule has 1 aromatic carbocycles. The van der Waals surface area contributed by atoms with E-state index in [4.69, 9.17) is 9.84 Å². The maximum Gasteiger partial charge on any atom is 0.317 e. The van der Waals surface area contributed by atoms with Crippen molar-refractivity contribution >= 4 is 10.9 Å². The molecule has 0 radical (unpaired) electrons. The number of aryl methyl sites for hydroxylation is 1. The third kappa shape index (κ3) is 1.52. The molecule has 0 unspecified atom stereocenters. The smallest absolute Gasteiger partial charge is 0.317 e. The van der Waals surface area contributed by atoms with E-state index >= 15 is 0 Å². The zero-order chi connectivity index (χ0) is 11.0. The Balaban J connectivity index is 2.81. The number of nitrogens with zero attached hydrogens (tertiary/aromatic N) is 2. The summed E-state index contributed by atoms with van der Waals surface area (Å²) in [4.78, 5) is 7.25. The van der Waals surface area contributed by atoms with Crippen LogP contribution in [-0.4, -0.2) is 27.3 Å². The topological polar surface area (TPSA) is 75.5 Å². The zero-order valence-electron chi connectivity index (χ0n) is 8.35. The van der Waals surface area contributed by atoms with Crippen molar-refractivity contribution in [2.24, 2.45) is 0 Å². The Kier molecular flexibility index (Phi) is 2.07. The second-order valence-electron chi connectivity index (χ2n) is 3.19. The summed E-state index contributed by atoms with van der Waals surface area (Å²) < 4.78 is 5.11. The molecular formula is C10H10N2O3. The van der Waals surface area contributed by atoms with Crippen LogP contribution in [0.5, 0.6) is 17.6 Å². The number of benzene rings is 1. The molecule has 2 aromatic rings. The Hall–Kier alpha value is -2.04. The molecule has 0 bridgehead atoms. The second-order valence-corrected chi connectivity index (χ2v) is 3.19. The van der Waals surface area contributed by atoms with E-state index in [9.17, 15) is 5.11 Å². The van der Waals surface area contributed by atoms with Gasteiger partial charge in [0.2, 0.25) is 5.88 Å². The predicted octanol–water partition coefficient (Wildman–Crippen LogP) is 1.36. The van der Waals surface area contributed by atoms with Gasteiger partial charge in [0.1, 0.15) is 5.75 Å². The number of fused-ring (bicyclic) bond motifs is 1. The first-order valence-corrected chi connectivity index (χ1v) is 4.36. The highest BCUT2D eigenvalue weighted by Gasteiger charge is 2.09. The minimum atomic E-state index is -0.440. The average molecular weight is 206 g/mol. The third-order valence-corrected chi connectivity index (χ3v) is 2.18. The standard InChI is InChI=1S/C10H10N2O3/c1-5-3-7-6(4-8(5)15-2)9(13)12-10(14)11-7/h3-4H,1-2H3,(H2,11,12,13,14).